The second-order valence-electron chi connectivity index (χ2n) is 7.48. The summed E-state index contributed by atoms with van der Waals surface area (Å²) in [6, 6.07) is 7.25. The molecule has 1 amide bonds. The number of thioether (sulfide) groups is 1. The Labute approximate surface area is 194 Å². The lowest BCUT2D eigenvalue weighted by atomic mass is 10.2. The lowest BCUT2D eigenvalue weighted by molar-refractivity contribution is 0.0926. The molecule has 5 rings (SSSR count). The van der Waals surface area contributed by atoms with Gasteiger partial charge in [0.1, 0.15) is 5.82 Å². The first-order valence-electron chi connectivity index (χ1n) is 10.6. The Kier molecular flexibility index (Phi) is 6.05. The van der Waals surface area contributed by atoms with Crippen molar-refractivity contribution in [3.8, 4) is 5.75 Å². The van der Waals surface area contributed by atoms with Crippen molar-refractivity contribution in [1.29, 1.82) is 0 Å². The average molecular weight is 469 g/mol. The Balaban J connectivity index is 1.32. The standard InChI is InChI=1S/C22H24N6O4S/c1-30-16-5-3-4-14-12-17(32-18(14)16)21(29)23-6-7-28-20-15(13-24-28)19(25-22(26-20)33-2)27-8-10-31-11-9-27/h3-5,12-13H,6-11H2,1-2H3,(H,23,29). The highest BCUT2D eigenvalue weighted by atomic mass is 32.2. The van der Waals surface area contributed by atoms with Crippen LogP contribution in [0.15, 0.2) is 40.0 Å². The van der Waals surface area contributed by atoms with E-state index in [-0.39, 0.29) is 11.7 Å². The number of anilines is 1. The Morgan fingerprint density at radius 1 is 1.27 bits per heavy atom. The molecule has 10 nitrogen and oxygen atoms in total. The molecule has 1 saturated heterocycles. The van der Waals surface area contributed by atoms with Crippen molar-refractivity contribution in [2.24, 2.45) is 0 Å². The lowest BCUT2D eigenvalue weighted by Gasteiger charge is -2.28. The van der Waals surface area contributed by atoms with Crippen LogP contribution in [0.4, 0.5) is 5.82 Å². The maximum Gasteiger partial charge on any atom is 0.287 e. The molecule has 0 bridgehead atoms. The number of methoxy groups -OCH3 is 1. The maximum atomic E-state index is 12.6. The first-order chi connectivity index (χ1) is 16.2. The van der Waals surface area contributed by atoms with Crippen molar-refractivity contribution >= 4 is 45.5 Å². The Morgan fingerprint density at radius 3 is 2.91 bits per heavy atom. The third kappa shape index (κ3) is 4.21. The molecule has 0 spiro atoms. The Bertz CT molecular complexity index is 1300. The number of amides is 1. The zero-order chi connectivity index (χ0) is 22.8. The van der Waals surface area contributed by atoms with Gasteiger partial charge in [0.2, 0.25) is 0 Å². The zero-order valence-electron chi connectivity index (χ0n) is 18.4. The highest BCUT2D eigenvalue weighted by Crippen LogP contribution is 2.29. The van der Waals surface area contributed by atoms with Gasteiger partial charge >= 0.3 is 0 Å². The smallest absolute Gasteiger partial charge is 0.287 e. The molecule has 33 heavy (non-hydrogen) atoms. The van der Waals surface area contributed by atoms with Crippen LogP contribution in [0.1, 0.15) is 10.6 Å². The van der Waals surface area contributed by atoms with E-state index in [0.717, 1.165) is 35.3 Å². The van der Waals surface area contributed by atoms with E-state index in [2.05, 4.69) is 20.3 Å². The lowest BCUT2D eigenvalue weighted by Crippen LogP contribution is -2.37. The molecular weight excluding hydrogens is 444 g/mol. The van der Waals surface area contributed by atoms with Crippen molar-refractivity contribution in [3.63, 3.8) is 0 Å². The van der Waals surface area contributed by atoms with Crippen LogP contribution < -0.4 is 15.0 Å². The van der Waals surface area contributed by atoms with E-state index < -0.39 is 0 Å². The van der Waals surface area contributed by atoms with Gasteiger partial charge in [0.25, 0.3) is 5.91 Å². The minimum absolute atomic E-state index is 0.237. The number of benzene rings is 1. The van der Waals surface area contributed by atoms with Gasteiger partial charge in [0.05, 0.1) is 38.5 Å². The van der Waals surface area contributed by atoms with Crippen LogP contribution >= 0.6 is 11.8 Å². The second-order valence-corrected chi connectivity index (χ2v) is 8.26. The van der Waals surface area contributed by atoms with Gasteiger partial charge in [-0.2, -0.15) is 5.10 Å². The van der Waals surface area contributed by atoms with Crippen molar-refractivity contribution in [2.45, 2.75) is 11.7 Å². The number of nitrogens with one attached hydrogen (secondary N) is 1. The second kappa shape index (κ2) is 9.28. The van der Waals surface area contributed by atoms with Gasteiger partial charge in [-0.15, -0.1) is 0 Å². The minimum Gasteiger partial charge on any atom is -0.493 e. The highest BCUT2D eigenvalue weighted by Gasteiger charge is 2.20. The summed E-state index contributed by atoms with van der Waals surface area (Å²) in [7, 11) is 1.57. The molecule has 172 valence electrons. The zero-order valence-corrected chi connectivity index (χ0v) is 19.2. The molecule has 4 aromatic rings. The number of ether oxygens (including phenoxy) is 2. The van der Waals surface area contributed by atoms with Crippen molar-refractivity contribution in [1.82, 2.24) is 25.1 Å². The number of nitrogens with zero attached hydrogens (tertiary/aromatic N) is 5. The molecule has 4 heterocycles. The molecule has 1 fully saturated rings. The molecule has 0 saturated carbocycles. The van der Waals surface area contributed by atoms with Crippen molar-refractivity contribution in [2.75, 3.05) is 51.1 Å². The van der Waals surface area contributed by atoms with Gasteiger partial charge in [-0.1, -0.05) is 23.9 Å². The summed E-state index contributed by atoms with van der Waals surface area (Å²) < 4.78 is 18.3. The molecule has 1 aromatic carbocycles. The number of carbonyl (C=O) groups excluding carboxylic acids is 1. The SMILES string of the molecule is COc1cccc2cc(C(=O)NCCn3ncc4c(N5CCOCC5)nc(SC)nc43)oc12. The normalized spacial score (nSPS) is 14.2. The number of rotatable bonds is 7. The summed E-state index contributed by atoms with van der Waals surface area (Å²) in [5.41, 5.74) is 1.30. The Morgan fingerprint density at radius 2 is 2.12 bits per heavy atom. The number of para-hydroxylation sites is 1. The van der Waals surface area contributed by atoms with Crippen LogP contribution in [0.3, 0.4) is 0 Å². The monoisotopic (exact) mass is 468 g/mol. The van der Waals surface area contributed by atoms with Gasteiger partial charge in [0, 0.05) is 25.0 Å². The molecule has 1 aliphatic heterocycles. The Hall–Kier alpha value is -3.31. The fourth-order valence-corrected chi connectivity index (χ4v) is 4.22. The van der Waals surface area contributed by atoms with Gasteiger partial charge in [-0.3, -0.25) is 4.79 Å². The summed E-state index contributed by atoms with van der Waals surface area (Å²) in [4.78, 5) is 24.2. The van der Waals surface area contributed by atoms with E-state index in [9.17, 15) is 4.79 Å². The number of furan rings is 1. The van der Waals surface area contributed by atoms with Crippen LogP contribution in [-0.4, -0.2) is 71.9 Å². The fourth-order valence-electron chi connectivity index (χ4n) is 3.86. The van der Waals surface area contributed by atoms with Gasteiger partial charge in [0.15, 0.2) is 27.9 Å². The topological polar surface area (TPSA) is 108 Å². The van der Waals surface area contributed by atoms with E-state index in [4.69, 9.17) is 18.9 Å². The van der Waals surface area contributed by atoms with Crippen LogP contribution in [0.2, 0.25) is 0 Å². The van der Waals surface area contributed by atoms with E-state index >= 15 is 0 Å². The first-order valence-corrected chi connectivity index (χ1v) is 11.9. The average Bonchev–Trinajstić information content (AvgIpc) is 3.48. The summed E-state index contributed by atoms with van der Waals surface area (Å²) >= 11 is 1.49. The van der Waals surface area contributed by atoms with Gasteiger partial charge in [-0.05, 0) is 18.4 Å². The third-order valence-electron chi connectivity index (χ3n) is 5.51. The number of carbonyl (C=O) groups is 1. The summed E-state index contributed by atoms with van der Waals surface area (Å²) in [5.74, 6) is 1.41. The molecule has 0 atom stereocenters. The van der Waals surface area contributed by atoms with Gasteiger partial charge < -0.3 is 24.1 Å². The van der Waals surface area contributed by atoms with E-state index in [0.29, 0.717) is 42.8 Å². The number of aromatic nitrogens is 4. The largest absolute Gasteiger partial charge is 0.493 e. The van der Waals surface area contributed by atoms with Crippen LogP contribution in [0, 0.1) is 0 Å². The van der Waals surface area contributed by atoms with Gasteiger partial charge in [-0.25, -0.2) is 14.6 Å². The molecule has 1 N–H and O–H groups in total. The van der Waals surface area contributed by atoms with E-state index in [1.165, 1.54) is 11.8 Å². The minimum atomic E-state index is -0.293. The number of hydrogen-bond acceptors (Lipinski definition) is 9. The molecular formula is C22H24N6O4S. The van der Waals surface area contributed by atoms with Crippen LogP contribution in [0.25, 0.3) is 22.0 Å². The molecule has 11 heteroatoms. The quantitative estimate of drug-likeness (QED) is 0.323. The maximum absolute atomic E-state index is 12.6. The molecule has 0 radical (unpaired) electrons. The van der Waals surface area contributed by atoms with E-state index in [1.54, 1.807) is 30.1 Å². The number of fused-ring (bicyclic) bond motifs is 2. The van der Waals surface area contributed by atoms with Crippen molar-refractivity contribution in [3.05, 3.63) is 36.2 Å². The summed E-state index contributed by atoms with van der Waals surface area (Å²) in [5, 5.41) is 9.80. The number of hydrogen-bond donors (Lipinski definition) is 1. The highest BCUT2D eigenvalue weighted by molar-refractivity contribution is 7.98. The van der Waals surface area contributed by atoms with Crippen LogP contribution in [-0.2, 0) is 11.3 Å². The molecule has 0 aliphatic carbocycles. The first kappa shape index (κ1) is 21.5. The fraction of sp³-hybridized carbons (Fsp3) is 0.364. The number of morpholine rings is 1. The van der Waals surface area contributed by atoms with Crippen molar-refractivity contribution < 1.29 is 18.7 Å². The third-order valence-corrected chi connectivity index (χ3v) is 6.06. The molecule has 0 unspecified atom stereocenters. The van der Waals surface area contributed by atoms with Crippen LogP contribution in [0.5, 0.6) is 5.75 Å². The molecule has 1 aliphatic rings. The predicted molar refractivity (Wildman–Crippen MR) is 125 cm³/mol. The molecule has 3 aromatic heterocycles. The van der Waals surface area contributed by atoms with E-state index in [1.807, 2.05) is 18.4 Å². The summed E-state index contributed by atoms with van der Waals surface area (Å²) in [6.07, 6.45) is 3.74. The predicted octanol–water partition coefficient (Wildman–Crippen LogP) is 2.57. The summed E-state index contributed by atoms with van der Waals surface area (Å²) in [6.45, 7) is 3.75.